The van der Waals surface area contributed by atoms with Gasteiger partial charge in [0.2, 0.25) is 0 Å². The standard InChI is InChI=1S/C15H17N3O2S/c19-15(12-4-8-21-10-12)18-6-7-20-14(9-18)2-1-13-3-5-16-11-17-13/h3-5,8,10-11,14H,1-2,6-7,9H2/t14-/m0/s1. The second-order valence-electron chi connectivity index (χ2n) is 5.00. The molecule has 0 spiro atoms. The van der Waals surface area contributed by atoms with Crippen LogP contribution in [0.4, 0.5) is 0 Å². The molecule has 1 amide bonds. The van der Waals surface area contributed by atoms with E-state index in [1.165, 1.54) is 0 Å². The van der Waals surface area contributed by atoms with Gasteiger partial charge in [-0.15, -0.1) is 0 Å². The Morgan fingerprint density at radius 1 is 1.48 bits per heavy atom. The summed E-state index contributed by atoms with van der Waals surface area (Å²) >= 11 is 1.55. The Morgan fingerprint density at radius 2 is 2.43 bits per heavy atom. The molecule has 0 N–H and O–H groups in total. The van der Waals surface area contributed by atoms with E-state index < -0.39 is 0 Å². The zero-order valence-corrected chi connectivity index (χ0v) is 12.5. The normalized spacial score (nSPS) is 18.7. The van der Waals surface area contributed by atoms with Gasteiger partial charge in [0.15, 0.2) is 0 Å². The van der Waals surface area contributed by atoms with Crippen LogP contribution in [0.25, 0.3) is 0 Å². The van der Waals surface area contributed by atoms with Crippen molar-refractivity contribution in [2.75, 3.05) is 19.7 Å². The van der Waals surface area contributed by atoms with Crippen molar-refractivity contribution in [1.29, 1.82) is 0 Å². The predicted molar refractivity (Wildman–Crippen MR) is 80.3 cm³/mol. The van der Waals surface area contributed by atoms with Crippen LogP contribution >= 0.6 is 11.3 Å². The molecule has 0 bridgehead atoms. The van der Waals surface area contributed by atoms with E-state index in [9.17, 15) is 4.79 Å². The first-order valence-corrected chi connectivity index (χ1v) is 7.95. The van der Waals surface area contributed by atoms with Crippen LogP contribution in [-0.4, -0.2) is 46.6 Å². The lowest BCUT2D eigenvalue weighted by atomic mass is 10.1. The molecule has 1 saturated heterocycles. The average molecular weight is 303 g/mol. The molecule has 2 aromatic heterocycles. The van der Waals surface area contributed by atoms with E-state index in [2.05, 4.69) is 9.97 Å². The van der Waals surface area contributed by atoms with Crippen LogP contribution in [-0.2, 0) is 11.2 Å². The molecule has 0 radical (unpaired) electrons. The first-order valence-electron chi connectivity index (χ1n) is 7.01. The first-order chi connectivity index (χ1) is 10.3. The van der Waals surface area contributed by atoms with E-state index in [0.717, 1.165) is 24.1 Å². The number of amides is 1. The molecule has 3 rings (SSSR count). The van der Waals surface area contributed by atoms with E-state index >= 15 is 0 Å². The largest absolute Gasteiger partial charge is 0.375 e. The molecular formula is C15H17N3O2S. The number of carbonyl (C=O) groups excluding carboxylic acids is 1. The molecule has 2 aromatic rings. The highest BCUT2D eigenvalue weighted by molar-refractivity contribution is 7.08. The van der Waals surface area contributed by atoms with Gasteiger partial charge in [0.05, 0.1) is 18.3 Å². The van der Waals surface area contributed by atoms with E-state index in [1.54, 1.807) is 23.9 Å². The fraction of sp³-hybridized carbons (Fsp3) is 0.400. The Hall–Kier alpha value is -1.79. The predicted octanol–water partition coefficient (Wildman–Crippen LogP) is 2.01. The number of aromatic nitrogens is 2. The van der Waals surface area contributed by atoms with Gasteiger partial charge in [-0.25, -0.2) is 9.97 Å². The summed E-state index contributed by atoms with van der Waals surface area (Å²) in [4.78, 5) is 22.3. The molecule has 1 atom stereocenters. The fourth-order valence-electron chi connectivity index (χ4n) is 2.42. The summed E-state index contributed by atoms with van der Waals surface area (Å²) in [5, 5.41) is 3.83. The van der Waals surface area contributed by atoms with Gasteiger partial charge in [-0.05, 0) is 30.4 Å². The Kier molecular flexibility index (Phi) is 4.57. The van der Waals surface area contributed by atoms with E-state index in [1.807, 2.05) is 27.8 Å². The van der Waals surface area contributed by atoms with Crippen molar-refractivity contribution in [2.45, 2.75) is 18.9 Å². The molecule has 110 valence electrons. The van der Waals surface area contributed by atoms with Crippen LogP contribution in [0.2, 0.25) is 0 Å². The molecule has 1 aliphatic rings. The lowest BCUT2D eigenvalue weighted by molar-refractivity contribution is -0.0246. The lowest BCUT2D eigenvalue weighted by Crippen LogP contribution is -2.45. The minimum Gasteiger partial charge on any atom is -0.375 e. The van der Waals surface area contributed by atoms with Crippen molar-refractivity contribution in [2.24, 2.45) is 0 Å². The highest BCUT2D eigenvalue weighted by atomic mass is 32.1. The van der Waals surface area contributed by atoms with E-state index in [0.29, 0.717) is 19.7 Å². The van der Waals surface area contributed by atoms with Gasteiger partial charge in [0, 0.05) is 30.4 Å². The third-order valence-electron chi connectivity index (χ3n) is 3.56. The quantitative estimate of drug-likeness (QED) is 0.867. The molecule has 6 heteroatoms. The SMILES string of the molecule is O=C(c1ccsc1)N1CCO[C@@H](CCc2ccncn2)C1. The first kappa shape index (κ1) is 14.2. The monoisotopic (exact) mass is 303 g/mol. The maximum absolute atomic E-state index is 12.3. The highest BCUT2D eigenvalue weighted by Crippen LogP contribution is 2.15. The topological polar surface area (TPSA) is 55.3 Å². The molecule has 0 aromatic carbocycles. The number of rotatable bonds is 4. The molecule has 5 nitrogen and oxygen atoms in total. The molecule has 3 heterocycles. The van der Waals surface area contributed by atoms with Crippen LogP contribution in [0.3, 0.4) is 0 Å². The minimum atomic E-state index is 0.0799. The number of carbonyl (C=O) groups is 1. The van der Waals surface area contributed by atoms with E-state index in [-0.39, 0.29) is 12.0 Å². The fourth-order valence-corrected chi connectivity index (χ4v) is 3.05. The number of nitrogens with zero attached hydrogens (tertiary/aromatic N) is 3. The van der Waals surface area contributed by atoms with Crippen molar-refractivity contribution in [1.82, 2.24) is 14.9 Å². The molecule has 21 heavy (non-hydrogen) atoms. The zero-order chi connectivity index (χ0) is 14.5. The van der Waals surface area contributed by atoms with Gasteiger partial charge in [-0.1, -0.05) is 0 Å². The Morgan fingerprint density at radius 3 is 3.19 bits per heavy atom. The molecule has 1 aliphatic heterocycles. The molecule has 1 fully saturated rings. The molecule has 0 aliphatic carbocycles. The summed E-state index contributed by atoms with van der Waals surface area (Å²) in [5.41, 5.74) is 1.78. The maximum Gasteiger partial charge on any atom is 0.254 e. The van der Waals surface area contributed by atoms with Crippen molar-refractivity contribution in [3.8, 4) is 0 Å². The Bertz CT molecular complexity index is 574. The van der Waals surface area contributed by atoms with Gasteiger partial charge < -0.3 is 9.64 Å². The lowest BCUT2D eigenvalue weighted by Gasteiger charge is -2.32. The summed E-state index contributed by atoms with van der Waals surface area (Å²) in [6.45, 7) is 1.92. The van der Waals surface area contributed by atoms with Crippen LogP contribution in [0, 0.1) is 0 Å². The summed E-state index contributed by atoms with van der Waals surface area (Å²) < 4.78 is 5.76. The Labute approximate surface area is 127 Å². The molecule has 0 unspecified atom stereocenters. The number of aryl methyl sites for hydroxylation is 1. The van der Waals surface area contributed by atoms with Gasteiger partial charge in [-0.2, -0.15) is 11.3 Å². The summed E-state index contributed by atoms with van der Waals surface area (Å²) in [6, 6.07) is 3.79. The van der Waals surface area contributed by atoms with E-state index in [4.69, 9.17) is 4.74 Å². The second kappa shape index (κ2) is 6.78. The summed E-state index contributed by atoms with van der Waals surface area (Å²) in [5.74, 6) is 0.103. The maximum atomic E-state index is 12.3. The van der Waals surface area contributed by atoms with Crippen molar-refractivity contribution in [3.63, 3.8) is 0 Å². The van der Waals surface area contributed by atoms with Crippen LogP contribution in [0.15, 0.2) is 35.4 Å². The summed E-state index contributed by atoms with van der Waals surface area (Å²) in [6.07, 6.45) is 5.09. The minimum absolute atomic E-state index is 0.0799. The molecule has 0 saturated carbocycles. The third kappa shape index (κ3) is 3.65. The summed E-state index contributed by atoms with van der Waals surface area (Å²) in [7, 11) is 0. The van der Waals surface area contributed by atoms with Gasteiger partial charge >= 0.3 is 0 Å². The van der Waals surface area contributed by atoms with Crippen molar-refractivity contribution < 1.29 is 9.53 Å². The Balaban J connectivity index is 1.55. The number of ether oxygens (including phenoxy) is 1. The number of hydrogen-bond acceptors (Lipinski definition) is 5. The second-order valence-corrected chi connectivity index (χ2v) is 5.78. The van der Waals surface area contributed by atoms with Crippen LogP contribution in [0.1, 0.15) is 22.5 Å². The smallest absolute Gasteiger partial charge is 0.254 e. The van der Waals surface area contributed by atoms with Gasteiger partial charge in [0.1, 0.15) is 6.33 Å². The number of morpholine rings is 1. The van der Waals surface area contributed by atoms with Crippen molar-refractivity contribution in [3.05, 3.63) is 46.7 Å². The highest BCUT2D eigenvalue weighted by Gasteiger charge is 2.25. The number of hydrogen-bond donors (Lipinski definition) is 0. The third-order valence-corrected chi connectivity index (χ3v) is 4.24. The molecular weight excluding hydrogens is 286 g/mol. The van der Waals surface area contributed by atoms with Crippen LogP contribution < -0.4 is 0 Å². The van der Waals surface area contributed by atoms with Crippen LogP contribution in [0.5, 0.6) is 0 Å². The van der Waals surface area contributed by atoms with Crippen molar-refractivity contribution >= 4 is 17.2 Å². The van der Waals surface area contributed by atoms with Gasteiger partial charge in [-0.3, -0.25) is 4.79 Å². The zero-order valence-electron chi connectivity index (χ0n) is 11.6. The average Bonchev–Trinajstić information content (AvgIpc) is 3.08. The van der Waals surface area contributed by atoms with Gasteiger partial charge in [0.25, 0.3) is 5.91 Å². The number of thiophene rings is 1.